The maximum Gasteiger partial charge on any atom is 0.343 e. The minimum absolute atomic E-state index is 0.0419. The first kappa shape index (κ1) is 19.6. The molecule has 0 unspecified atom stereocenters. The van der Waals surface area contributed by atoms with Crippen molar-refractivity contribution >= 4 is 28.4 Å². The summed E-state index contributed by atoms with van der Waals surface area (Å²) in [5, 5.41) is 4.23. The van der Waals surface area contributed by atoms with Crippen LogP contribution in [0.2, 0.25) is 0 Å². The molecule has 0 spiro atoms. The smallest absolute Gasteiger partial charge is 0.343 e. The zero-order valence-electron chi connectivity index (χ0n) is 17.2. The molecule has 4 aromatic rings. The fraction of sp³-hybridized carbons (Fsp3) is 0.160. The molecule has 1 N–H and O–H groups in total. The predicted molar refractivity (Wildman–Crippen MR) is 119 cm³/mol. The van der Waals surface area contributed by atoms with E-state index in [4.69, 9.17) is 4.74 Å². The first-order valence-corrected chi connectivity index (χ1v) is 9.80. The van der Waals surface area contributed by atoms with Crippen LogP contribution in [0.3, 0.4) is 0 Å². The average Bonchev–Trinajstić information content (AvgIpc) is 2.75. The van der Waals surface area contributed by atoms with E-state index in [-0.39, 0.29) is 11.4 Å². The van der Waals surface area contributed by atoms with Gasteiger partial charge in [-0.15, -0.1) is 0 Å². The van der Waals surface area contributed by atoms with Crippen LogP contribution in [0.15, 0.2) is 79.1 Å². The van der Waals surface area contributed by atoms with E-state index in [9.17, 15) is 4.79 Å². The zero-order valence-corrected chi connectivity index (χ0v) is 17.2. The van der Waals surface area contributed by atoms with Gasteiger partial charge in [0, 0.05) is 11.1 Å². The molecule has 0 aliphatic rings. The molecule has 0 fully saturated rings. The summed E-state index contributed by atoms with van der Waals surface area (Å²) in [6.07, 6.45) is 1.53. The molecule has 0 atom stereocenters. The van der Waals surface area contributed by atoms with Gasteiger partial charge in [0.2, 0.25) is 0 Å². The Hall–Kier alpha value is -3.73. The number of rotatable bonds is 4. The molecule has 4 rings (SSSR count). The van der Waals surface area contributed by atoms with Gasteiger partial charge in [0.25, 0.3) is 0 Å². The molecule has 1 aromatic heterocycles. The minimum Gasteiger partial charge on any atom is -0.423 e. The summed E-state index contributed by atoms with van der Waals surface area (Å²) in [4.78, 5) is 21.0. The van der Waals surface area contributed by atoms with Crippen LogP contribution >= 0.6 is 0 Å². The molecule has 150 valence electrons. The van der Waals surface area contributed by atoms with Crippen molar-refractivity contribution in [2.45, 2.75) is 26.2 Å². The highest BCUT2D eigenvalue weighted by Gasteiger charge is 2.15. The quantitative estimate of drug-likeness (QED) is 0.344. The van der Waals surface area contributed by atoms with Crippen LogP contribution in [-0.4, -0.2) is 15.9 Å². The van der Waals surface area contributed by atoms with Crippen molar-refractivity contribution in [3.63, 3.8) is 0 Å². The molecular formula is C25H23N3O2. The van der Waals surface area contributed by atoms with Gasteiger partial charge in [-0.2, -0.15) is 0 Å². The third kappa shape index (κ3) is 4.30. The van der Waals surface area contributed by atoms with Gasteiger partial charge < -0.3 is 10.1 Å². The van der Waals surface area contributed by atoms with E-state index in [1.165, 1.54) is 11.9 Å². The Morgan fingerprint density at radius 3 is 2.27 bits per heavy atom. The molecule has 0 bridgehead atoms. The van der Waals surface area contributed by atoms with Gasteiger partial charge in [-0.3, -0.25) is 0 Å². The highest BCUT2D eigenvalue weighted by molar-refractivity contribution is 5.91. The number of carbonyl (C=O) groups excluding carboxylic acids is 1. The fourth-order valence-corrected chi connectivity index (χ4v) is 3.12. The minimum atomic E-state index is -0.377. The van der Waals surface area contributed by atoms with Crippen molar-refractivity contribution in [2.75, 3.05) is 5.32 Å². The van der Waals surface area contributed by atoms with Crippen LogP contribution < -0.4 is 10.1 Å². The molecule has 0 amide bonds. The zero-order chi connectivity index (χ0) is 21.1. The number of aromatic nitrogens is 2. The van der Waals surface area contributed by atoms with Crippen LogP contribution in [0.1, 0.15) is 36.7 Å². The second-order valence-corrected chi connectivity index (χ2v) is 8.11. The summed E-state index contributed by atoms with van der Waals surface area (Å²) in [5.41, 5.74) is 3.45. The molecule has 0 saturated heterocycles. The normalized spacial score (nSPS) is 11.3. The Kier molecular flexibility index (Phi) is 5.19. The summed E-state index contributed by atoms with van der Waals surface area (Å²) in [6, 6.07) is 22.6. The van der Waals surface area contributed by atoms with Crippen molar-refractivity contribution in [1.82, 2.24) is 9.97 Å². The van der Waals surface area contributed by atoms with Crippen LogP contribution in [0.25, 0.3) is 10.9 Å². The number of carbonyl (C=O) groups is 1. The Morgan fingerprint density at radius 2 is 1.57 bits per heavy atom. The maximum absolute atomic E-state index is 12.4. The Bertz CT molecular complexity index is 1170. The number of nitrogens with one attached hydrogen (secondary N) is 1. The van der Waals surface area contributed by atoms with Crippen molar-refractivity contribution < 1.29 is 9.53 Å². The first-order valence-electron chi connectivity index (χ1n) is 9.80. The van der Waals surface area contributed by atoms with Crippen LogP contribution in [0.5, 0.6) is 5.75 Å². The van der Waals surface area contributed by atoms with Crippen LogP contribution in [0, 0.1) is 0 Å². The molecule has 0 aliphatic heterocycles. The number of fused-ring (bicyclic) bond motifs is 1. The standard InChI is InChI=1S/C25H23N3O2/c1-25(2,3)18-10-8-17(9-11-18)24(29)30-20-14-12-19(13-15-20)28-23-21-6-4-5-7-22(21)26-16-27-23/h4-16H,1-3H3,(H,26,27,28). The third-order valence-electron chi connectivity index (χ3n) is 4.86. The van der Waals surface area contributed by atoms with E-state index in [2.05, 4.69) is 36.1 Å². The lowest BCUT2D eigenvalue weighted by molar-refractivity contribution is 0.0734. The summed E-state index contributed by atoms with van der Waals surface area (Å²) >= 11 is 0. The van der Waals surface area contributed by atoms with Gasteiger partial charge in [-0.05, 0) is 59.5 Å². The molecule has 0 saturated carbocycles. The first-order chi connectivity index (χ1) is 14.4. The van der Waals surface area contributed by atoms with Gasteiger partial charge in [-0.25, -0.2) is 14.8 Å². The molecule has 3 aromatic carbocycles. The lowest BCUT2D eigenvalue weighted by Crippen LogP contribution is -2.12. The summed E-state index contributed by atoms with van der Waals surface area (Å²) < 4.78 is 5.51. The number of esters is 1. The Labute approximate surface area is 175 Å². The molecule has 0 radical (unpaired) electrons. The summed E-state index contributed by atoms with van der Waals surface area (Å²) in [7, 11) is 0. The molecule has 0 aliphatic carbocycles. The average molecular weight is 397 g/mol. The lowest BCUT2D eigenvalue weighted by atomic mass is 9.87. The van der Waals surface area contributed by atoms with Gasteiger partial charge in [0.15, 0.2) is 0 Å². The highest BCUT2D eigenvalue weighted by atomic mass is 16.5. The van der Waals surface area contributed by atoms with Crippen molar-refractivity contribution in [3.8, 4) is 5.75 Å². The van der Waals surface area contributed by atoms with Crippen molar-refractivity contribution in [1.29, 1.82) is 0 Å². The van der Waals surface area contributed by atoms with Gasteiger partial charge in [0.1, 0.15) is 17.9 Å². The lowest BCUT2D eigenvalue weighted by Gasteiger charge is -2.18. The summed E-state index contributed by atoms with van der Waals surface area (Å²) in [6.45, 7) is 6.42. The third-order valence-corrected chi connectivity index (χ3v) is 4.86. The fourth-order valence-electron chi connectivity index (χ4n) is 3.12. The van der Waals surface area contributed by atoms with Gasteiger partial charge >= 0.3 is 5.97 Å². The van der Waals surface area contributed by atoms with E-state index in [1.54, 1.807) is 24.3 Å². The largest absolute Gasteiger partial charge is 0.423 e. The van der Waals surface area contributed by atoms with Crippen molar-refractivity contribution in [2.24, 2.45) is 0 Å². The van der Waals surface area contributed by atoms with E-state index in [0.29, 0.717) is 11.3 Å². The van der Waals surface area contributed by atoms with E-state index in [1.807, 2.05) is 48.5 Å². The van der Waals surface area contributed by atoms with E-state index < -0.39 is 0 Å². The van der Waals surface area contributed by atoms with Crippen LogP contribution in [-0.2, 0) is 5.41 Å². The van der Waals surface area contributed by atoms with Gasteiger partial charge in [0.05, 0.1) is 11.1 Å². The number of hydrogen-bond donors (Lipinski definition) is 1. The number of ether oxygens (including phenoxy) is 1. The van der Waals surface area contributed by atoms with Gasteiger partial charge in [-0.1, -0.05) is 45.0 Å². The number of nitrogens with zero attached hydrogens (tertiary/aromatic N) is 2. The molecule has 5 nitrogen and oxygen atoms in total. The topological polar surface area (TPSA) is 64.1 Å². The second kappa shape index (κ2) is 7.95. The molecule has 5 heteroatoms. The maximum atomic E-state index is 12.4. The Balaban J connectivity index is 1.45. The summed E-state index contributed by atoms with van der Waals surface area (Å²) in [5.74, 6) is 0.834. The monoisotopic (exact) mass is 397 g/mol. The number of para-hydroxylation sites is 1. The molecular weight excluding hydrogens is 374 g/mol. The Morgan fingerprint density at radius 1 is 0.867 bits per heavy atom. The number of anilines is 2. The molecule has 30 heavy (non-hydrogen) atoms. The number of benzene rings is 3. The highest BCUT2D eigenvalue weighted by Crippen LogP contribution is 2.25. The number of hydrogen-bond acceptors (Lipinski definition) is 5. The van der Waals surface area contributed by atoms with Crippen molar-refractivity contribution in [3.05, 3.63) is 90.3 Å². The predicted octanol–water partition coefficient (Wildman–Crippen LogP) is 5.89. The van der Waals surface area contributed by atoms with Crippen LogP contribution in [0.4, 0.5) is 11.5 Å². The SMILES string of the molecule is CC(C)(C)c1ccc(C(=O)Oc2ccc(Nc3ncnc4ccccc34)cc2)cc1. The second-order valence-electron chi connectivity index (χ2n) is 8.11. The van der Waals surface area contributed by atoms with E-state index in [0.717, 1.165) is 22.4 Å². The molecule has 1 heterocycles. The van der Waals surface area contributed by atoms with E-state index >= 15 is 0 Å².